The third-order valence-corrected chi connectivity index (χ3v) is 2.80. The molecule has 0 heterocycles. The molecule has 16 heavy (non-hydrogen) atoms. The van der Waals surface area contributed by atoms with Crippen LogP contribution in [0.25, 0.3) is 0 Å². The molecule has 0 aliphatic rings. The highest BCUT2D eigenvalue weighted by Gasteiger charge is 2.00. The van der Waals surface area contributed by atoms with E-state index in [0.29, 0.717) is 5.75 Å². The van der Waals surface area contributed by atoms with E-state index < -0.39 is 0 Å². The molecule has 0 radical (unpaired) electrons. The summed E-state index contributed by atoms with van der Waals surface area (Å²) in [5, 5.41) is 9.63. The molecule has 0 unspecified atom stereocenters. The van der Waals surface area contributed by atoms with Gasteiger partial charge in [0.15, 0.2) is 0 Å². The van der Waals surface area contributed by atoms with Gasteiger partial charge in [-0.3, -0.25) is 0 Å². The Kier molecular flexibility index (Phi) is 3.25. The van der Waals surface area contributed by atoms with Crippen LogP contribution in [0.5, 0.6) is 5.75 Å². The van der Waals surface area contributed by atoms with Crippen molar-refractivity contribution in [2.24, 2.45) is 0 Å². The summed E-state index contributed by atoms with van der Waals surface area (Å²) < 4.78 is 0. The minimum Gasteiger partial charge on any atom is -0.508 e. The monoisotopic (exact) mass is 212 g/mol. The number of aryl methyl sites for hydroxylation is 3. The van der Waals surface area contributed by atoms with E-state index in [1.165, 1.54) is 11.1 Å². The fourth-order valence-corrected chi connectivity index (χ4v) is 1.76. The maximum Gasteiger partial charge on any atom is 0.118 e. The lowest BCUT2D eigenvalue weighted by atomic mass is 10.0. The van der Waals surface area contributed by atoms with Crippen molar-refractivity contribution in [2.45, 2.75) is 19.8 Å². The van der Waals surface area contributed by atoms with Crippen LogP contribution in [0.15, 0.2) is 48.5 Å². The number of hydrogen-bond donors (Lipinski definition) is 1. The van der Waals surface area contributed by atoms with Crippen LogP contribution in [-0.2, 0) is 12.8 Å². The predicted molar refractivity (Wildman–Crippen MR) is 66.7 cm³/mol. The normalized spacial score (nSPS) is 10.3. The highest BCUT2D eigenvalue weighted by Crippen LogP contribution is 2.18. The van der Waals surface area contributed by atoms with Crippen LogP contribution in [0.4, 0.5) is 0 Å². The summed E-state index contributed by atoms with van der Waals surface area (Å²) in [6.07, 6.45) is 1.85. The molecule has 0 atom stereocenters. The second-order valence-electron chi connectivity index (χ2n) is 4.11. The van der Waals surface area contributed by atoms with E-state index in [1.807, 2.05) is 18.2 Å². The Morgan fingerprint density at radius 3 is 2.25 bits per heavy atom. The van der Waals surface area contributed by atoms with Gasteiger partial charge in [-0.15, -0.1) is 0 Å². The Morgan fingerprint density at radius 2 is 1.56 bits per heavy atom. The van der Waals surface area contributed by atoms with Crippen LogP contribution < -0.4 is 0 Å². The van der Waals surface area contributed by atoms with E-state index in [2.05, 4.69) is 31.2 Å². The minimum atomic E-state index is 0.398. The first-order chi connectivity index (χ1) is 7.75. The molecular weight excluding hydrogens is 196 g/mol. The minimum absolute atomic E-state index is 0.398. The van der Waals surface area contributed by atoms with Crippen molar-refractivity contribution in [3.05, 3.63) is 65.2 Å². The lowest BCUT2D eigenvalue weighted by Gasteiger charge is -2.04. The summed E-state index contributed by atoms with van der Waals surface area (Å²) in [5.41, 5.74) is 3.61. The van der Waals surface area contributed by atoms with E-state index in [-0.39, 0.29) is 0 Å². The fourth-order valence-electron chi connectivity index (χ4n) is 1.76. The summed E-state index contributed by atoms with van der Waals surface area (Å²) in [5.74, 6) is 0.398. The van der Waals surface area contributed by atoms with Gasteiger partial charge in [0, 0.05) is 0 Å². The van der Waals surface area contributed by atoms with Gasteiger partial charge in [-0.25, -0.2) is 0 Å². The molecule has 82 valence electrons. The molecule has 1 N–H and O–H groups in total. The number of phenols is 1. The van der Waals surface area contributed by atoms with Gasteiger partial charge >= 0.3 is 0 Å². The average Bonchev–Trinajstić information content (AvgIpc) is 2.30. The molecule has 0 aliphatic heterocycles. The fraction of sp³-hybridized carbons (Fsp3) is 0.200. The lowest BCUT2D eigenvalue weighted by molar-refractivity contribution is 0.468. The quantitative estimate of drug-likeness (QED) is 0.825. The third-order valence-electron chi connectivity index (χ3n) is 2.80. The highest BCUT2D eigenvalue weighted by molar-refractivity contribution is 5.33. The van der Waals surface area contributed by atoms with E-state index in [0.717, 1.165) is 18.4 Å². The van der Waals surface area contributed by atoms with Crippen LogP contribution in [0.3, 0.4) is 0 Å². The molecule has 1 heteroatoms. The van der Waals surface area contributed by atoms with Gasteiger partial charge in [-0.2, -0.15) is 0 Å². The van der Waals surface area contributed by atoms with Crippen molar-refractivity contribution < 1.29 is 5.11 Å². The molecule has 0 amide bonds. The van der Waals surface area contributed by atoms with E-state index >= 15 is 0 Å². The van der Waals surface area contributed by atoms with E-state index in [1.54, 1.807) is 6.07 Å². The molecule has 0 aromatic heterocycles. The summed E-state index contributed by atoms with van der Waals surface area (Å²) in [6, 6.07) is 16.1. The van der Waals surface area contributed by atoms with Crippen molar-refractivity contribution in [1.29, 1.82) is 0 Å². The second-order valence-corrected chi connectivity index (χ2v) is 4.11. The van der Waals surface area contributed by atoms with E-state index in [9.17, 15) is 5.11 Å². The Balaban J connectivity index is 2.02. The summed E-state index contributed by atoms with van der Waals surface area (Å²) in [7, 11) is 0. The highest BCUT2D eigenvalue weighted by atomic mass is 16.3. The molecular formula is C15H16O. The maximum atomic E-state index is 9.63. The number of hydrogen-bond acceptors (Lipinski definition) is 1. The van der Waals surface area contributed by atoms with Gasteiger partial charge < -0.3 is 5.11 Å². The van der Waals surface area contributed by atoms with Gasteiger partial charge in [0.05, 0.1) is 0 Å². The SMILES string of the molecule is Cc1ccc(CCc2ccccc2O)cc1. The van der Waals surface area contributed by atoms with Crippen molar-refractivity contribution in [2.75, 3.05) is 0 Å². The summed E-state index contributed by atoms with van der Waals surface area (Å²) in [4.78, 5) is 0. The topological polar surface area (TPSA) is 20.2 Å². The third kappa shape index (κ3) is 2.63. The molecule has 2 aromatic rings. The van der Waals surface area contributed by atoms with Crippen LogP contribution in [0.2, 0.25) is 0 Å². The zero-order valence-electron chi connectivity index (χ0n) is 9.48. The van der Waals surface area contributed by atoms with Crippen molar-refractivity contribution in [3.63, 3.8) is 0 Å². The Labute approximate surface area is 96.4 Å². The number of para-hydroxylation sites is 1. The molecule has 0 saturated carbocycles. The zero-order valence-corrected chi connectivity index (χ0v) is 9.48. The lowest BCUT2D eigenvalue weighted by Crippen LogP contribution is -1.91. The van der Waals surface area contributed by atoms with Gasteiger partial charge in [-0.05, 0) is 37.0 Å². The zero-order chi connectivity index (χ0) is 11.4. The van der Waals surface area contributed by atoms with Crippen LogP contribution in [-0.4, -0.2) is 5.11 Å². The van der Waals surface area contributed by atoms with Crippen molar-refractivity contribution >= 4 is 0 Å². The van der Waals surface area contributed by atoms with Crippen molar-refractivity contribution in [1.82, 2.24) is 0 Å². The van der Waals surface area contributed by atoms with Gasteiger partial charge in [0.2, 0.25) is 0 Å². The van der Waals surface area contributed by atoms with Crippen molar-refractivity contribution in [3.8, 4) is 5.75 Å². The first-order valence-electron chi connectivity index (χ1n) is 5.58. The molecule has 2 rings (SSSR count). The van der Waals surface area contributed by atoms with Gasteiger partial charge in [0.1, 0.15) is 5.75 Å². The number of aromatic hydroxyl groups is 1. The smallest absolute Gasteiger partial charge is 0.118 e. The predicted octanol–water partition coefficient (Wildman–Crippen LogP) is 3.49. The van der Waals surface area contributed by atoms with Crippen LogP contribution in [0, 0.1) is 6.92 Å². The summed E-state index contributed by atoms with van der Waals surface area (Å²) >= 11 is 0. The standard InChI is InChI=1S/C15H16O/c1-12-6-8-13(9-7-12)10-11-14-4-2-3-5-15(14)16/h2-9,16H,10-11H2,1H3. The Bertz CT molecular complexity index is 457. The molecule has 1 nitrogen and oxygen atoms in total. The first kappa shape index (κ1) is 10.7. The molecule has 2 aromatic carbocycles. The largest absolute Gasteiger partial charge is 0.508 e. The second kappa shape index (κ2) is 4.84. The maximum absolute atomic E-state index is 9.63. The Morgan fingerprint density at radius 1 is 0.875 bits per heavy atom. The first-order valence-corrected chi connectivity index (χ1v) is 5.58. The van der Waals surface area contributed by atoms with E-state index in [4.69, 9.17) is 0 Å². The van der Waals surface area contributed by atoms with Gasteiger partial charge in [0.25, 0.3) is 0 Å². The number of phenolic OH excluding ortho intramolecular Hbond substituents is 1. The number of rotatable bonds is 3. The molecule has 0 fully saturated rings. The molecule has 0 spiro atoms. The average molecular weight is 212 g/mol. The molecule has 0 saturated heterocycles. The molecule has 0 bridgehead atoms. The summed E-state index contributed by atoms with van der Waals surface area (Å²) in [6.45, 7) is 2.09. The Hall–Kier alpha value is -1.76. The molecule has 0 aliphatic carbocycles. The van der Waals surface area contributed by atoms with Crippen LogP contribution >= 0.6 is 0 Å². The number of benzene rings is 2. The van der Waals surface area contributed by atoms with Gasteiger partial charge in [-0.1, -0.05) is 48.0 Å². The van der Waals surface area contributed by atoms with Crippen LogP contribution in [0.1, 0.15) is 16.7 Å².